The third-order valence-electron chi connectivity index (χ3n) is 1.48. The Morgan fingerprint density at radius 1 is 0.875 bits per heavy atom. The van der Waals surface area contributed by atoms with E-state index in [4.69, 9.17) is 14.7 Å². The van der Waals surface area contributed by atoms with Gasteiger partial charge in [0.25, 0.3) is 0 Å². The normalized spacial score (nSPS) is 38.1. The second-order valence-corrected chi connectivity index (χ2v) is 6.07. The molecule has 0 aromatic rings. The van der Waals surface area contributed by atoms with Crippen LogP contribution in [0.3, 0.4) is 0 Å². The Morgan fingerprint density at radius 2 is 1.25 bits per heavy atom. The maximum absolute atomic E-state index is 8.90. The van der Waals surface area contributed by atoms with Crippen molar-refractivity contribution in [2.45, 2.75) is 12.8 Å². The van der Waals surface area contributed by atoms with Crippen molar-refractivity contribution in [2.24, 2.45) is 0 Å². The van der Waals surface area contributed by atoms with E-state index in [1.54, 1.807) is 0 Å². The monoisotopic (exact) mass is 138 g/mol. The molecule has 0 unspecified atom stereocenters. The first kappa shape index (κ1) is 6.43. The van der Waals surface area contributed by atoms with Crippen molar-refractivity contribution in [3.05, 3.63) is 0 Å². The summed E-state index contributed by atoms with van der Waals surface area (Å²) in [6.07, 6.45) is 1.93. The van der Waals surface area contributed by atoms with Crippen LogP contribution in [0.15, 0.2) is 0 Å². The molecule has 1 rings (SSSR count). The second-order valence-electron chi connectivity index (χ2n) is 2.49. The van der Waals surface area contributed by atoms with Crippen LogP contribution in [0.1, 0.15) is 12.8 Å². The summed E-state index contributed by atoms with van der Waals surface area (Å²) < 4.78 is 0. The van der Waals surface area contributed by atoms with Crippen LogP contribution in [0.4, 0.5) is 0 Å². The van der Waals surface area contributed by atoms with Crippen molar-refractivity contribution >= 4 is 7.28 Å². The molecule has 0 spiro atoms. The van der Waals surface area contributed by atoms with Crippen molar-refractivity contribution in [2.75, 3.05) is 12.3 Å². The summed E-state index contributed by atoms with van der Waals surface area (Å²) in [5, 5.41) is 0. The van der Waals surface area contributed by atoms with E-state index in [1.807, 2.05) is 0 Å². The first-order valence-electron chi connectivity index (χ1n) is 2.73. The Balaban J connectivity index is 2.67. The van der Waals surface area contributed by atoms with Crippen LogP contribution in [0.2, 0.25) is 0 Å². The van der Waals surface area contributed by atoms with Gasteiger partial charge in [0.05, 0.1) is 0 Å². The number of hydrogen-bond donors (Lipinski definition) is 3. The van der Waals surface area contributed by atoms with Crippen LogP contribution < -0.4 is 0 Å². The molecule has 1 fully saturated rings. The zero-order valence-electron chi connectivity index (χ0n) is 4.62. The van der Waals surface area contributed by atoms with Crippen molar-refractivity contribution in [3.63, 3.8) is 0 Å². The van der Waals surface area contributed by atoms with Crippen LogP contribution in [-0.2, 0) is 0 Å². The summed E-state index contributed by atoms with van der Waals surface area (Å²) in [7, 11) is -3.99. The van der Waals surface area contributed by atoms with Crippen molar-refractivity contribution in [3.8, 4) is 0 Å². The van der Waals surface area contributed by atoms with Crippen LogP contribution in [0.25, 0.3) is 0 Å². The summed E-state index contributed by atoms with van der Waals surface area (Å²) in [4.78, 5) is 26.7. The maximum atomic E-state index is 8.90. The van der Waals surface area contributed by atoms with Crippen molar-refractivity contribution in [1.82, 2.24) is 0 Å². The molecule has 3 N–H and O–H groups in total. The molecule has 1 aliphatic heterocycles. The average Bonchev–Trinajstić information content (AvgIpc) is 1.81. The van der Waals surface area contributed by atoms with Gasteiger partial charge in [0.2, 0.25) is 0 Å². The van der Waals surface area contributed by atoms with Gasteiger partial charge in [0, 0.05) is 0 Å². The zero-order chi connectivity index (χ0) is 6.28. The van der Waals surface area contributed by atoms with Gasteiger partial charge in [0.1, 0.15) is 0 Å². The van der Waals surface area contributed by atoms with Gasteiger partial charge in [-0.3, -0.25) is 0 Å². The van der Waals surface area contributed by atoms with E-state index < -0.39 is 7.28 Å². The van der Waals surface area contributed by atoms with Gasteiger partial charge in [-0.15, -0.1) is 0 Å². The SMILES string of the molecule is OP1(O)(O)CCCC1. The fraction of sp³-hybridized carbons (Fsp3) is 1.00. The fourth-order valence-electron chi connectivity index (χ4n) is 0.983. The molecule has 8 heavy (non-hydrogen) atoms. The minimum atomic E-state index is -3.99. The molecule has 0 radical (unpaired) electrons. The van der Waals surface area contributed by atoms with Gasteiger partial charge in [-0.05, 0) is 0 Å². The molecule has 4 heteroatoms. The molecule has 50 valence electrons. The van der Waals surface area contributed by atoms with Gasteiger partial charge < -0.3 is 0 Å². The third kappa shape index (κ3) is 1.39. The molecular formula is C4H11O3P. The summed E-state index contributed by atoms with van der Waals surface area (Å²) >= 11 is 0. The summed E-state index contributed by atoms with van der Waals surface area (Å²) in [5.41, 5.74) is 0. The predicted octanol–water partition coefficient (Wildman–Crippen LogP) is 0.0554. The van der Waals surface area contributed by atoms with E-state index >= 15 is 0 Å². The van der Waals surface area contributed by atoms with Crippen LogP contribution in [0, 0.1) is 0 Å². The number of hydrogen-bond acceptors (Lipinski definition) is 3. The summed E-state index contributed by atoms with van der Waals surface area (Å²) in [6, 6.07) is 0. The van der Waals surface area contributed by atoms with Gasteiger partial charge in [-0.2, -0.15) is 0 Å². The molecule has 0 aromatic heterocycles. The standard InChI is InChI=1S/C4H11O3P/c5-8(6,7)3-1-2-4-8/h5-7H,1-4H2. The Kier molecular flexibility index (Phi) is 1.14. The van der Waals surface area contributed by atoms with E-state index in [0.29, 0.717) is 0 Å². The Bertz CT molecular complexity index is 93.6. The minimum absolute atomic E-state index is 0.214. The van der Waals surface area contributed by atoms with Gasteiger partial charge >= 0.3 is 47.1 Å². The van der Waals surface area contributed by atoms with Gasteiger partial charge in [-0.1, -0.05) is 0 Å². The summed E-state index contributed by atoms with van der Waals surface area (Å²) in [6.45, 7) is 0. The van der Waals surface area contributed by atoms with E-state index in [0.717, 1.165) is 12.8 Å². The molecular weight excluding hydrogens is 127 g/mol. The molecule has 0 aliphatic carbocycles. The molecule has 0 aromatic carbocycles. The molecule has 3 nitrogen and oxygen atoms in total. The number of rotatable bonds is 0. The van der Waals surface area contributed by atoms with E-state index in [-0.39, 0.29) is 12.3 Å². The molecule has 0 saturated carbocycles. The molecule has 1 saturated heterocycles. The van der Waals surface area contributed by atoms with Crippen LogP contribution in [-0.4, -0.2) is 27.0 Å². The Hall–Kier alpha value is 0.310. The van der Waals surface area contributed by atoms with E-state index in [9.17, 15) is 0 Å². The quantitative estimate of drug-likeness (QED) is 0.414. The Morgan fingerprint density at radius 3 is 1.38 bits per heavy atom. The molecule has 0 bridgehead atoms. The summed E-state index contributed by atoms with van der Waals surface area (Å²) in [5.74, 6) is 0. The van der Waals surface area contributed by atoms with Gasteiger partial charge in [-0.25, -0.2) is 0 Å². The zero-order valence-corrected chi connectivity index (χ0v) is 5.51. The van der Waals surface area contributed by atoms with Crippen molar-refractivity contribution in [1.29, 1.82) is 0 Å². The molecule has 1 aliphatic rings. The van der Waals surface area contributed by atoms with E-state index in [1.165, 1.54) is 0 Å². The third-order valence-corrected chi connectivity index (χ3v) is 3.95. The first-order chi connectivity index (χ1) is 3.47. The average molecular weight is 138 g/mol. The molecule has 0 atom stereocenters. The molecule has 1 heterocycles. The molecule has 0 amide bonds. The van der Waals surface area contributed by atoms with E-state index in [2.05, 4.69) is 0 Å². The van der Waals surface area contributed by atoms with Crippen molar-refractivity contribution < 1.29 is 14.7 Å². The predicted molar refractivity (Wildman–Crippen MR) is 32.5 cm³/mol. The van der Waals surface area contributed by atoms with Gasteiger partial charge in [0.15, 0.2) is 0 Å². The van der Waals surface area contributed by atoms with Crippen LogP contribution >= 0.6 is 7.28 Å². The fourth-order valence-corrected chi connectivity index (χ4v) is 2.95. The Labute approximate surface area is 48.1 Å². The second kappa shape index (κ2) is 1.42. The van der Waals surface area contributed by atoms with Crippen LogP contribution in [0.5, 0.6) is 0 Å². The first-order valence-corrected chi connectivity index (χ1v) is 5.20. The topological polar surface area (TPSA) is 60.7 Å².